The van der Waals surface area contributed by atoms with Crippen molar-refractivity contribution in [2.45, 2.75) is 37.6 Å². The number of para-hydroxylation sites is 1. The number of nitrogens with one attached hydrogen (secondary N) is 1. The molecule has 1 aromatic heterocycles. The Morgan fingerprint density at radius 1 is 1.19 bits per heavy atom. The normalized spacial score (nSPS) is 19.9. The Hall–Kier alpha value is -3.47. The zero-order valence-electron chi connectivity index (χ0n) is 22.2. The quantitative estimate of drug-likeness (QED) is 0.201. The second kappa shape index (κ2) is 13.7. The van der Waals surface area contributed by atoms with Crippen molar-refractivity contribution in [3.63, 3.8) is 0 Å². The topological polar surface area (TPSA) is 179 Å². The molecule has 0 saturated carbocycles. The van der Waals surface area contributed by atoms with Crippen LogP contribution >= 0.6 is 0 Å². The summed E-state index contributed by atoms with van der Waals surface area (Å²) in [7, 11) is 0. The van der Waals surface area contributed by atoms with Gasteiger partial charge < -0.3 is 40.0 Å². The number of ether oxygens (including phenoxy) is 2. The number of benzene rings is 2. The molecule has 16 heteroatoms. The molecule has 0 bridgehead atoms. The zero-order chi connectivity index (χ0) is 29.9. The predicted octanol–water partition coefficient (Wildman–Crippen LogP) is -1.98. The molecule has 42 heavy (non-hydrogen) atoms. The molecule has 1 aliphatic heterocycles. The monoisotopic (exact) mass is 600 g/mol. The van der Waals surface area contributed by atoms with E-state index in [9.17, 15) is 43.2 Å². The minimum atomic E-state index is -4.93. The number of carbonyl (C=O) groups is 2. The summed E-state index contributed by atoms with van der Waals surface area (Å²) in [5, 5.41) is 51.9. The fourth-order valence-electron chi connectivity index (χ4n) is 4.33. The van der Waals surface area contributed by atoms with E-state index in [2.05, 4.69) is 20.4 Å². The summed E-state index contributed by atoms with van der Waals surface area (Å²) in [5.41, 5.74) is 0.767. The van der Waals surface area contributed by atoms with E-state index < -0.39 is 66.6 Å². The predicted molar refractivity (Wildman–Crippen MR) is 132 cm³/mol. The van der Waals surface area contributed by atoms with Gasteiger partial charge in [0.1, 0.15) is 41.5 Å². The van der Waals surface area contributed by atoms with Crippen molar-refractivity contribution in [1.82, 2.24) is 15.0 Å². The third kappa shape index (κ3) is 7.67. The van der Waals surface area contributed by atoms with Gasteiger partial charge in [0.25, 0.3) is 5.91 Å². The van der Waals surface area contributed by atoms with E-state index in [-0.39, 0.29) is 46.5 Å². The van der Waals surface area contributed by atoms with E-state index in [1.165, 1.54) is 35.2 Å². The first-order chi connectivity index (χ1) is 19.4. The van der Waals surface area contributed by atoms with Crippen molar-refractivity contribution < 1.29 is 82.2 Å². The molecular weight excluding hydrogens is 576 g/mol. The Kier molecular flexibility index (Phi) is 10.8. The number of carbonyl (C=O) groups excluding carboxylic acids is 2. The number of allylic oxidation sites excluding steroid dienone is 1. The summed E-state index contributed by atoms with van der Waals surface area (Å²) < 4.78 is 48.2. The van der Waals surface area contributed by atoms with Crippen LogP contribution < -0.4 is 44.7 Å². The fourth-order valence-corrected chi connectivity index (χ4v) is 4.33. The van der Waals surface area contributed by atoms with Crippen LogP contribution in [-0.2, 0) is 9.53 Å². The summed E-state index contributed by atoms with van der Waals surface area (Å²) in [4.78, 5) is 24.4. The molecule has 218 valence electrons. The number of hydrogen-bond donors (Lipinski definition) is 4. The van der Waals surface area contributed by atoms with Gasteiger partial charge in [0.2, 0.25) is 0 Å². The number of halogens is 3. The summed E-state index contributed by atoms with van der Waals surface area (Å²) in [5.74, 6) is -4.24. The Morgan fingerprint density at radius 3 is 2.57 bits per heavy atom. The minimum Gasteiger partial charge on any atom is -0.542 e. The van der Waals surface area contributed by atoms with E-state index in [1.807, 2.05) is 0 Å². The van der Waals surface area contributed by atoms with Crippen molar-refractivity contribution >= 4 is 17.6 Å². The molecule has 3 aromatic rings. The van der Waals surface area contributed by atoms with Gasteiger partial charge in [-0.1, -0.05) is 36.4 Å². The molecule has 0 spiro atoms. The molecule has 4 N–H and O–H groups in total. The van der Waals surface area contributed by atoms with Crippen molar-refractivity contribution in [3.8, 4) is 17.0 Å². The second-order valence-electron chi connectivity index (χ2n) is 9.15. The van der Waals surface area contributed by atoms with E-state index in [0.717, 1.165) is 12.1 Å². The molecule has 4 rings (SSSR count). The molecule has 0 fully saturated rings. The molecule has 2 aromatic carbocycles. The molecule has 0 aliphatic carbocycles. The maximum Gasteiger partial charge on any atom is 1.00 e. The molecule has 5 atom stereocenters. The van der Waals surface area contributed by atoms with Crippen molar-refractivity contribution in [1.29, 1.82) is 0 Å². The largest absolute Gasteiger partial charge is 1.00 e. The van der Waals surface area contributed by atoms with Crippen LogP contribution in [0.5, 0.6) is 5.75 Å². The Labute approximate surface area is 258 Å². The van der Waals surface area contributed by atoms with E-state index in [4.69, 9.17) is 4.74 Å². The van der Waals surface area contributed by atoms with Gasteiger partial charge in [-0.2, -0.15) is 0 Å². The van der Waals surface area contributed by atoms with Crippen LogP contribution in [0.15, 0.2) is 66.6 Å². The third-order valence-corrected chi connectivity index (χ3v) is 6.36. The molecule has 0 radical (unpaired) electrons. The Balaban J connectivity index is 0.00000484. The number of carboxylic acid groups (broad SMARTS) is 1. The average Bonchev–Trinajstić information content (AvgIpc) is 3.41. The van der Waals surface area contributed by atoms with Gasteiger partial charge in [-0.3, -0.25) is 4.79 Å². The number of hydrogen-bond acceptors (Lipinski definition) is 10. The number of amides is 1. The number of rotatable bonds is 9. The van der Waals surface area contributed by atoms with Crippen LogP contribution in [0.2, 0.25) is 0 Å². The van der Waals surface area contributed by atoms with Gasteiger partial charge in [0.05, 0.1) is 24.5 Å². The maximum atomic E-state index is 12.9. The van der Waals surface area contributed by atoms with Gasteiger partial charge >= 0.3 is 35.9 Å². The number of anilines is 1. The molecule has 1 amide bonds. The summed E-state index contributed by atoms with van der Waals surface area (Å²) in [6.45, 7) is 0.815. The van der Waals surface area contributed by atoms with Gasteiger partial charge in [-0.15, -0.1) is 18.3 Å². The summed E-state index contributed by atoms with van der Waals surface area (Å²) >= 11 is 0. The number of aromatic nitrogens is 3. The molecular formula is C26H24F3N4NaO8. The number of carboxylic acids is 1. The minimum absolute atomic E-state index is 0. The first-order valence-corrected chi connectivity index (χ1v) is 12.1. The summed E-state index contributed by atoms with van der Waals surface area (Å²) in [6.07, 6.45) is -6.77. The van der Waals surface area contributed by atoms with E-state index in [0.29, 0.717) is 5.56 Å². The Morgan fingerprint density at radius 2 is 1.90 bits per heavy atom. The number of nitrogens with zero attached hydrogens (tertiary/aromatic N) is 3. The van der Waals surface area contributed by atoms with Crippen LogP contribution in [-0.4, -0.2) is 73.5 Å². The number of aliphatic carboxylic acids is 1. The molecule has 0 unspecified atom stereocenters. The van der Waals surface area contributed by atoms with Crippen molar-refractivity contribution in [3.05, 3.63) is 72.1 Å². The molecule has 12 nitrogen and oxygen atoms in total. The first kappa shape index (κ1) is 33.0. The van der Waals surface area contributed by atoms with Crippen molar-refractivity contribution in [2.24, 2.45) is 5.92 Å². The average molecular weight is 600 g/mol. The standard InChI is InChI=1S/C26H25F3N4O8.Na/c1-13-19(10-21(25(38)39)40-23(13)22(36)20(35)12-34)33-11-18(31-32-33)16-7-2-3-8-17(16)30-24(37)14-5-4-6-15(9-14)41-26(27,28)29;/h2-11,13,19-20,22-23,34-36H,12H2,1H3,(H,30,37)(H,38,39);/q;+1/p-1/t13-,19+,20-,22-,23-;/m1./s1. The van der Waals surface area contributed by atoms with Crippen molar-refractivity contribution in [2.75, 3.05) is 11.9 Å². The van der Waals surface area contributed by atoms with Gasteiger partial charge in [0.15, 0.2) is 0 Å². The van der Waals surface area contributed by atoms with E-state index >= 15 is 0 Å². The van der Waals surface area contributed by atoms with Crippen LogP contribution in [0.3, 0.4) is 0 Å². The van der Waals surface area contributed by atoms with Crippen LogP contribution in [0, 0.1) is 5.92 Å². The van der Waals surface area contributed by atoms with Crippen LogP contribution in [0.1, 0.15) is 23.3 Å². The van der Waals surface area contributed by atoms with Crippen LogP contribution in [0.25, 0.3) is 11.3 Å². The van der Waals surface area contributed by atoms with Crippen LogP contribution in [0.4, 0.5) is 18.9 Å². The summed E-state index contributed by atoms with van der Waals surface area (Å²) in [6, 6.07) is 10.1. The first-order valence-electron chi connectivity index (χ1n) is 12.1. The molecule has 1 aliphatic rings. The van der Waals surface area contributed by atoms with E-state index in [1.54, 1.807) is 25.1 Å². The third-order valence-electron chi connectivity index (χ3n) is 6.36. The number of aliphatic hydroxyl groups excluding tert-OH is 3. The van der Waals surface area contributed by atoms with Gasteiger partial charge in [-0.25, -0.2) is 4.68 Å². The number of aliphatic hydroxyl groups is 3. The number of alkyl halides is 3. The molecule has 2 heterocycles. The van der Waals surface area contributed by atoms with Gasteiger partial charge in [0, 0.05) is 17.0 Å². The Bertz CT molecular complexity index is 1450. The molecule has 0 saturated heterocycles. The second-order valence-corrected chi connectivity index (χ2v) is 9.15. The fraction of sp³-hybridized carbons (Fsp3) is 0.308. The zero-order valence-corrected chi connectivity index (χ0v) is 24.2. The smallest absolute Gasteiger partial charge is 0.542 e. The van der Waals surface area contributed by atoms with Gasteiger partial charge in [-0.05, 0) is 30.3 Å². The maximum absolute atomic E-state index is 12.9. The SMILES string of the molecule is C[C@H]1[C@H]([C@H](O)[C@H](O)CO)OC(C(=O)[O-])=C[C@@H]1n1cc(-c2ccccc2NC(=O)c2cccc(OC(F)(F)F)c2)nn1.[Na+].